The van der Waals surface area contributed by atoms with Crippen molar-refractivity contribution in [3.63, 3.8) is 0 Å². The molecule has 0 saturated carbocycles. The first-order chi connectivity index (χ1) is 9.43. The molecule has 0 bridgehead atoms. The average Bonchev–Trinajstić information content (AvgIpc) is 2.39. The van der Waals surface area contributed by atoms with Crippen molar-refractivity contribution in [2.24, 2.45) is 5.92 Å². The Kier molecular flexibility index (Phi) is 6.67. The van der Waals surface area contributed by atoms with E-state index in [-0.39, 0.29) is 11.2 Å². The third kappa shape index (κ3) is 4.31. The molecule has 1 nitrogen and oxygen atoms in total. The molecule has 0 heterocycles. The summed E-state index contributed by atoms with van der Waals surface area (Å²) in [6.45, 7) is 12.3. The summed E-state index contributed by atoms with van der Waals surface area (Å²) in [5.41, 5.74) is 1.20. The van der Waals surface area contributed by atoms with Crippen molar-refractivity contribution in [2.75, 3.05) is 6.54 Å². The lowest BCUT2D eigenvalue weighted by Crippen LogP contribution is -2.49. The highest BCUT2D eigenvalue weighted by Crippen LogP contribution is 2.32. The van der Waals surface area contributed by atoms with Gasteiger partial charge in [0.1, 0.15) is 5.82 Å². The van der Waals surface area contributed by atoms with Gasteiger partial charge in [0, 0.05) is 11.5 Å². The zero-order valence-corrected chi connectivity index (χ0v) is 13.7. The molecule has 20 heavy (non-hydrogen) atoms. The van der Waals surface area contributed by atoms with Gasteiger partial charge in [0.05, 0.1) is 0 Å². The molecule has 1 aromatic carbocycles. The van der Waals surface area contributed by atoms with E-state index in [1.54, 1.807) is 12.1 Å². The standard InChI is InChI=1S/C18H30FN/c1-6-8-14(3)17(20-13-7-2)18(4,5)15-9-11-16(19)12-10-15/h9-12,14,17,20H,6-8,13H2,1-5H3. The van der Waals surface area contributed by atoms with Crippen LogP contribution in [0, 0.1) is 11.7 Å². The average molecular weight is 279 g/mol. The largest absolute Gasteiger partial charge is 0.313 e. The molecule has 2 unspecified atom stereocenters. The van der Waals surface area contributed by atoms with Crippen LogP contribution < -0.4 is 5.32 Å². The summed E-state index contributed by atoms with van der Waals surface area (Å²) < 4.78 is 13.1. The van der Waals surface area contributed by atoms with Gasteiger partial charge >= 0.3 is 0 Å². The monoisotopic (exact) mass is 279 g/mol. The Morgan fingerprint density at radius 2 is 1.70 bits per heavy atom. The zero-order valence-electron chi connectivity index (χ0n) is 13.7. The Balaban J connectivity index is 2.98. The summed E-state index contributed by atoms with van der Waals surface area (Å²) in [7, 11) is 0. The van der Waals surface area contributed by atoms with Gasteiger partial charge < -0.3 is 5.32 Å². The van der Waals surface area contributed by atoms with Crippen molar-refractivity contribution in [3.05, 3.63) is 35.6 Å². The molecule has 0 amide bonds. The second-order valence-electron chi connectivity index (χ2n) is 6.43. The van der Waals surface area contributed by atoms with Gasteiger partial charge in [-0.2, -0.15) is 0 Å². The van der Waals surface area contributed by atoms with Crippen molar-refractivity contribution in [2.45, 2.75) is 65.3 Å². The van der Waals surface area contributed by atoms with Gasteiger partial charge in [-0.15, -0.1) is 0 Å². The lowest BCUT2D eigenvalue weighted by molar-refractivity contribution is 0.246. The molecule has 0 aliphatic carbocycles. The molecule has 1 aromatic rings. The lowest BCUT2D eigenvalue weighted by Gasteiger charge is -2.40. The highest BCUT2D eigenvalue weighted by atomic mass is 19.1. The normalized spacial score (nSPS) is 15.1. The van der Waals surface area contributed by atoms with Crippen LogP contribution in [0.2, 0.25) is 0 Å². The number of hydrogen-bond donors (Lipinski definition) is 1. The molecular formula is C18H30FN. The first-order valence-corrected chi connectivity index (χ1v) is 7.92. The number of benzene rings is 1. The van der Waals surface area contributed by atoms with E-state index in [0.29, 0.717) is 12.0 Å². The van der Waals surface area contributed by atoms with E-state index < -0.39 is 0 Å². The molecule has 1 N–H and O–H groups in total. The maximum absolute atomic E-state index is 13.1. The van der Waals surface area contributed by atoms with E-state index in [4.69, 9.17) is 0 Å². The summed E-state index contributed by atoms with van der Waals surface area (Å²) in [5, 5.41) is 3.71. The summed E-state index contributed by atoms with van der Waals surface area (Å²) in [5.74, 6) is 0.441. The Labute approximate surface area is 124 Å². The third-order valence-corrected chi connectivity index (χ3v) is 4.29. The van der Waals surface area contributed by atoms with Crippen LogP contribution in [0.1, 0.15) is 59.4 Å². The lowest BCUT2D eigenvalue weighted by atomic mass is 9.72. The van der Waals surface area contributed by atoms with Crippen LogP contribution in [0.3, 0.4) is 0 Å². The van der Waals surface area contributed by atoms with Gasteiger partial charge in [-0.1, -0.05) is 53.2 Å². The Morgan fingerprint density at radius 3 is 2.20 bits per heavy atom. The minimum Gasteiger partial charge on any atom is -0.313 e. The summed E-state index contributed by atoms with van der Waals surface area (Å²) in [4.78, 5) is 0. The van der Waals surface area contributed by atoms with Crippen LogP contribution in [-0.4, -0.2) is 12.6 Å². The summed E-state index contributed by atoms with van der Waals surface area (Å²) >= 11 is 0. The van der Waals surface area contributed by atoms with Crippen LogP contribution in [0.15, 0.2) is 24.3 Å². The molecule has 0 radical (unpaired) electrons. The van der Waals surface area contributed by atoms with Crippen LogP contribution in [0.25, 0.3) is 0 Å². The molecule has 0 aliphatic rings. The second-order valence-corrected chi connectivity index (χ2v) is 6.43. The minimum atomic E-state index is -0.163. The topological polar surface area (TPSA) is 12.0 Å². The van der Waals surface area contributed by atoms with Gasteiger partial charge in [0.2, 0.25) is 0 Å². The molecule has 2 atom stereocenters. The van der Waals surface area contributed by atoms with Gasteiger partial charge in [-0.05, 0) is 43.0 Å². The van der Waals surface area contributed by atoms with Gasteiger partial charge in [0.25, 0.3) is 0 Å². The second kappa shape index (κ2) is 7.78. The quantitative estimate of drug-likeness (QED) is 0.713. The highest BCUT2D eigenvalue weighted by molar-refractivity contribution is 5.26. The van der Waals surface area contributed by atoms with Gasteiger partial charge in [0.15, 0.2) is 0 Å². The molecule has 114 valence electrons. The molecule has 0 aromatic heterocycles. The van der Waals surface area contributed by atoms with Crippen molar-refractivity contribution < 1.29 is 4.39 Å². The molecule has 1 rings (SSSR count). The van der Waals surface area contributed by atoms with E-state index in [0.717, 1.165) is 13.0 Å². The van der Waals surface area contributed by atoms with Gasteiger partial charge in [-0.25, -0.2) is 4.39 Å². The minimum absolute atomic E-state index is 0.00252. The number of halogens is 1. The third-order valence-electron chi connectivity index (χ3n) is 4.29. The molecule has 0 aliphatic heterocycles. The van der Waals surface area contributed by atoms with Crippen molar-refractivity contribution in [1.82, 2.24) is 5.32 Å². The molecule has 0 fully saturated rings. The number of rotatable bonds is 8. The maximum Gasteiger partial charge on any atom is 0.123 e. The van der Waals surface area contributed by atoms with E-state index in [9.17, 15) is 4.39 Å². The van der Waals surface area contributed by atoms with Crippen LogP contribution in [0.5, 0.6) is 0 Å². The van der Waals surface area contributed by atoms with Crippen LogP contribution in [-0.2, 0) is 5.41 Å². The molecular weight excluding hydrogens is 249 g/mol. The van der Waals surface area contributed by atoms with Crippen molar-refractivity contribution >= 4 is 0 Å². The number of nitrogens with one attached hydrogen (secondary N) is 1. The molecule has 0 saturated heterocycles. The van der Waals surface area contributed by atoms with Gasteiger partial charge in [-0.3, -0.25) is 0 Å². The zero-order chi connectivity index (χ0) is 15.2. The van der Waals surface area contributed by atoms with E-state index in [1.165, 1.54) is 18.4 Å². The van der Waals surface area contributed by atoms with Crippen molar-refractivity contribution in [1.29, 1.82) is 0 Å². The fourth-order valence-electron chi connectivity index (χ4n) is 3.15. The first-order valence-electron chi connectivity index (χ1n) is 7.92. The Bertz CT molecular complexity index is 383. The molecule has 2 heteroatoms. The smallest absolute Gasteiger partial charge is 0.123 e. The fourth-order valence-corrected chi connectivity index (χ4v) is 3.15. The highest BCUT2D eigenvalue weighted by Gasteiger charge is 2.34. The Hall–Kier alpha value is -0.890. The number of hydrogen-bond acceptors (Lipinski definition) is 1. The fraction of sp³-hybridized carbons (Fsp3) is 0.667. The van der Waals surface area contributed by atoms with Crippen LogP contribution >= 0.6 is 0 Å². The maximum atomic E-state index is 13.1. The SMILES string of the molecule is CCCNC(C(C)CCC)C(C)(C)c1ccc(F)cc1. The Morgan fingerprint density at radius 1 is 1.10 bits per heavy atom. The first kappa shape index (κ1) is 17.2. The summed E-state index contributed by atoms with van der Waals surface area (Å²) in [6, 6.07) is 7.40. The van der Waals surface area contributed by atoms with Crippen molar-refractivity contribution in [3.8, 4) is 0 Å². The predicted molar refractivity (Wildman–Crippen MR) is 85.6 cm³/mol. The van der Waals surface area contributed by atoms with Crippen LogP contribution in [0.4, 0.5) is 4.39 Å². The van der Waals surface area contributed by atoms with E-state index in [1.807, 2.05) is 12.1 Å². The van der Waals surface area contributed by atoms with E-state index >= 15 is 0 Å². The predicted octanol–water partition coefficient (Wildman–Crippen LogP) is 4.91. The molecule has 0 spiro atoms. The summed E-state index contributed by atoms with van der Waals surface area (Å²) in [6.07, 6.45) is 3.55. The van der Waals surface area contributed by atoms with E-state index in [2.05, 4.69) is 39.9 Å².